The molecule has 0 amide bonds. The van der Waals surface area contributed by atoms with Gasteiger partial charge in [0, 0.05) is 12.4 Å². The molecular formula is C13H9N5O. The molecule has 0 spiro atoms. The molecule has 1 N–H and O–H groups in total. The molecule has 3 heterocycles. The van der Waals surface area contributed by atoms with Crippen molar-refractivity contribution in [2.45, 2.75) is 0 Å². The molecule has 0 atom stereocenters. The molecule has 6 nitrogen and oxygen atoms in total. The molecule has 0 fully saturated rings. The third-order valence-corrected chi connectivity index (χ3v) is 2.52. The fourth-order valence-electron chi connectivity index (χ4n) is 1.70. The molecule has 0 aliphatic carbocycles. The van der Waals surface area contributed by atoms with Gasteiger partial charge >= 0.3 is 5.69 Å². The average molecular weight is 251 g/mol. The Morgan fingerprint density at radius 2 is 1.47 bits per heavy atom. The minimum Gasteiger partial charge on any atom is -0.255 e. The Labute approximate surface area is 108 Å². The van der Waals surface area contributed by atoms with E-state index in [1.54, 1.807) is 30.6 Å². The van der Waals surface area contributed by atoms with Crippen molar-refractivity contribution in [1.29, 1.82) is 0 Å². The summed E-state index contributed by atoms with van der Waals surface area (Å²) in [6, 6.07) is 10.9. The summed E-state index contributed by atoms with van der Waals surface area (Å²) in [5.41, 5.74) is 1.62. The van der Waals surface area contributed by atoms with Crippen LogP contribution in [0.15, 0.2) is 53.6 Å². The fourth-order valence-corrected chi connectivity index (χ4v) is 1.70. The number of nitrogens with one attached hydrogen (secondary N) is 1. The van der Waals surface area contributed by atoms with E-state index in [4.69, 9.17) is 0 Å². The highest BCUT2D eigenvalue weighted by molar-refractivity contribution is 5.72. The predicted molar refractivity (Wildman–Crippen MR) is 69.1 cm³/mol. The van der Waals surface area contributed by atoms with E-state index in [0.717, 1.165) is 0 Å². The highest BCUT2D eigenvalue weighted by Crippen LogP contribution is 2.23. The number of hydrogen-bond acceptors (Lipinski definition) is 5. The maximum absolute atomic E-state index is 11.4. The van der Waals surface area contributed by atoms with Gasteiger partial charge < -0.3 is 0 Å². The minimum atomic E-state index is -0.514. The summed E-state index contributed by atoms with van der Waals surface area (Å²) in [4.78, 5) is 23.7. The van der Waals surface area contributed by atoms with Crippen LogP contribution in [0.2, 0.25) is 0 Å². The van der Waals surface area contributed by atoms with Crippen LogP contribution in [0.25, 0.3) is 22.8 Å². The first kappa shape index (κ1) is 11.2. The van der Waals surface area contributed by atoms with Crippen LogP contribution in [0.1, 0.15) is 0 Å². The molecule has 0 radical (unpaired) electrons. The van der Waals surface area contributed by atoms with Crippen molar-refractivity contribution >= 4 is 0 Å². The molecule has 0 saturated carbocycles. The lowest BCUT2D eigenvalue weighted by Crippen LogP contribution is -2.15. The molecule has 0 aliphatic rings. The summed E-state index contributed by atoms with van der Waals surface area (Å²) in [7, 11) is 0. The molecular weight excluding hydrogens is 242 g/mol. The zero-order chi connectivity index (χ0) is 13.1. The van der Waals surface area contributed by atoms with E-state index < -0.39 is 5.69 Å². The van der Waals surface area contributed by atoms with E-state index in [0.29, 0.717) is 22.8 Å². The number of hydrogen-bond donors (Lipinski definition) is 1. The Morgan fingerprint density at radius 3 is 2.05 bits per heavy atom. The van der Waals surface area contributed by atoms with Gasteiger partial charge in [0.15, 0.2) is 0 Å². The van der Waals surface area contributed by atoms with Crippen molar-refractivity contribution in [3.8, 4) is 22.8 Å². The van der Waals surface area contributed by atoms with Gasteiger partial charge in [-0.05, 0) is 24.3 Å². The van der Waals surface area contributed by atoms with E-state index in [2.05, 4.69) is 25.1 Å². The van der Waals surface area contributed by atoms with Gasteiger partial charge in [-0.25, -0.2) is 9.89 Å². The van der Waals surface area contributed by atoms with Crippen LogP contribution in [-0.2, 0) is 0 Å². The first-order valence-corrected chi connectivity index (χ1v) is 5.64. The summed E-state index contributed by atoms with van der Waals surface area (Å²) in [6.45, 7) is 0. The van der Waals surface area contributed by atoms with Gasteiger partial charge in [0.2, 0.25) is 0 Å². The maximum atomic E-state index is 11.4. The largest absolute Gasteiger partial charge is 0.362 e. The molecule has 3 aromatic heterocycles. The van der Waals surface area contributed by atoms with Crippen LogP contribution < -0.4 is 5.69 Å². The zero-order valence-electron chi connectivity index (χ0n) is 9.82. The maximum Gasteiger partial charge on any atom is 0.362 e. The second kappa shape index (κ2) is 4.77. The lowest BCUT2D eigenvalue weighted by molar-refractivity contribution is 0.918. The Kier molecular flexibility index (Phi) is 2.82. The second-order valence-electron chi connectivity index (χ2n) is 3.77. The van der Waals surface area contributed by atoms with Crippen molar-refractivity contribution in [2.24, 2.45) is 0 Å². The normalized spacial score (nSPS) is 10.3. The summed E-state index contributed by atoms with van der Waals surface area (Å²) in [5, 5.41) is 6.35. The van der Waals surface area contributed by atoms with Crippen molar-refractivity contribution in [3.63, 3.8) is 0 Å². The number of nitrogens with zero attached hydrogens (tertiary/aromatic N) is 4. The van der Waals surface area contributed by atoms with Crippen LogP contribution in [0.3, 0.4) is 0 Å². The third-order valence-electron chi connectivity index (χ3n) is 2.52. The van der Waals surface area contributed by atoms with E-state index in [1.165, 1.54) is 0 Å². The highest BCUT2D eigenvalue weighted by Gasteiger charge is 2.13. The van der Waals surface area contributed by atoms with E-state index in [9.17, 15) is 4.79 Å². The number of aromatic amines is 1. The predicted octanol–water partition coefficient (Wildman–Crippen LogP) is 1.29. The number of rotatable bonds is 2. The van der Waals surface area contributed by atoms with Crippen LogP contribution in [-0.4, -0.2) is 25.1 Å². The molecule has 6 heteroatoms. The Morgan fingerprint density at radius 1 is 0.842 bits per heavy atom. The van der Waals surface area contributed by atoms with Crippen molar-refractivity contribution in [3.05, 3.63) is 59.3 Å². The molecule has 0 bridgehead atoms. The lowest BCUT2D eigenvalue weighted by atomic mass is 10.1. The smallest absolute Gasteiger partial charge is 0.255 e. The van der Waals surface area contributed by atoms with Gasteiger partial charge in [-0.3, -0.25) is 9.97 Å². The van der Waals surface area contributed by atoms with Crippen molar-refractivity contribution < 1.29 is 0 Å². The van der Waals surface area contributed by atoms with Crippen molar-refractivity contribution in [1.82, 2.24) is 25.1 Å². The van der Waals surface area contributed by atoms with Crippen LogP contribution in [0, 0.1) is 0 Å². The van der Waals surface area contributed by atoms with E-state index in [1.807, 2.05) is 18.2 Å². The summed E-state index contributed by atoms with van der Waals surface area (Å²) < 4.78 is 0. The molecule has 0 unspecified atom stereocenters. The molecule has 3 rings (SSSR count). The Balaban J connectivity index is 2.24. The Bertz CT molecular complexity index is 740. The fraction of sp³-hybridized carbons (Fsp3) is 0. The number of aromatic nitrogens is 5. The SMILES string of the molecule is O=c1nc(-c2ccccn2)c(-c2ccccn2)n[nH]1. The molecule has 3 aromatic rings. The minimum absolute atomic E-state index is 0.419. The average Bonchev–Trinajstić information content (AvgIpc) is 2.49. The van der Waals surface area contributed by atoms with Gasteiger partial charge in [-0.1, -0.05) is 12.1 Å². The molecule has 19 heavy (non-hydrogen) atoms. The van der Waals surface area contributed by atoms with Crippen LogP contribution in [0.5, 0.6) is 0 Å². The van der Waals surface area contributed by atoms with E-state index >= 15 is 0 Å². The number of pyridine rings is 2. The number of H-pyrrole nitrogens is 1. The molecule has 0 aliphatic heterocycles. The van der Waals surface area contributed by atoms with Gasteiger partial charge in [-0.15, -0.1) is 0 Å². The third kappa shape index (κ3) is 2.23. The van der Waals surface area contributed by atoms with Crippen molar-refractivity contribution in [2.75, 3.05) is 0 Å². The summed E-state index contributed by atoms with van der Waals surface area (Å²) in [6.07, 6.45) is 3.30. The standard InChI is InChI=1S/C13H9N5O/c19-13-16-11(9-5-1-3-7-14-9)12(17-18-13)10-6-2-4-8-15-10/h1-8H,(H,16,18,19). The molecule has 0 saturated heterocycles. The van der Waals surface area contributed by atoms with Gasteiger partial charge in [0.05, 0.1) is 11.4 Å². The van der Waals surface area contributed by atoms with Gasteiger partial charge in [0.1, 0.15) is 11.4 Å². The summed E-state index contributed by atoms with van der Waals surface area (Å²) in [5.74, 6) is 0. The topological polar surface area (TPSA) is 84.4 Å². The molecule has 0 aromatic carbocycles. The second-order valence-corrected chi connectivity index (χ2v) is 3.77. The van der Waals surface area contributed by atoms with Gasteiger partial charge in [0.25, 0.3) is 0 Å². The first-order valence-electron chi connectivity index (χ1n) is 5.64. The Hall–Kier alpha value is -2.89. The first-order chi connectivity index (χ1) is 9.34. The van der Waals surface area contributed by atoms with E-state index in [-0.39, 0.29) is 0 Å². The highest BCUT2D eigenvalue weighted by atomic mass is 16.1. The van der Waals surface area contributed by atoms with Crippen LogP contribution >= 0.6 is 0 Å². The monoisotopic (exact) mass is 251 g/mol. The van der Waals surface area contributed by atoms with Gasteiger partial charge in [-0.2, -0.15) is 10.1 Å². The summed E-state index contributed by atoms with van der Waals surface area (Å²) >= 11 is 0. The zero-order valence-corrected chi connectivity index (χ0v) is 9.82. The molecule has 92 valence electrons. The van der Waals surface area contributed by atoms with Crippen LogP contribution in [0.4, 0.5) is 0 Å². The quantitative estimate of drug-likeness (QED) is 0.741. The lowest BCUT2D eigenvalue weighted by Gasteiger charge is -2.04.